The summed E-state index contributed by atoms with van der Waals surface area (Å²) in [5.41, 5.74) is -0.466. The van der Waals surface area contributed by atoms with Gasteiger partial charge in [0.1, 0.15) is 5.60 Å². The number of nitrogens with zero attached hydrogens (tertiary/aromatic N) is 2. The van der Waals surface area contributed by atoms with Gasteiger partial charge in [0.05, 0.1) is 0 Å². The van der Waals surface area contributed by atoms with Gasteiger partial charge in [0.25, 0.3) is 0 Å². The molecule has 0 bridgehead atoms. The molecule has 0 atom stereocenters. The zero-order chi connectivity index (χ0) is 15.2. The van der Waals surface area contributed by atoms with Crippen molar-refractivity contribution in [2.75, 3.05) is 46.3 Å². The molecule has 1 heterocycles. The third-order valence-electron chi connectivity index (χ3n) is 2.86. The monoisotopic (exact) mass is 302 g/mol. The Morgan fingerprint density at radius 1 is 1.15 bits per heavy atom. The SMILES string of the molecule is CN1CCN(C(=S)NCCNC(=O)OC(C)(C)C)CC1. The number of rotatable bonds is 3. The summed E-state index contributed by atoms with van der Waals surface area (Å²) in [6, 6.07) is 0. The van der Waals surface area contributed by atoms with Gasteiger partial charge in [-0.05, 0) is 40.0 Å². The highest BCUT2D eigenvalue weighted by Gasteiger charge is 2.17. The van der Waals surface area contributed by atoms with Crippen LogP contribution in [0, 0.1) is 0 Å². The Kier molecular flexibility index (Phi) is 6.48. The topological polar surface area (TPSA) is 56.8 Å². The van der Waals surface area contributed by atoms with Crippen LogP contribution in [0.4, 0.5) is 4.79 Å². The molecule has 0 unspecified atom stereocenters. The predicted molar refractivity (Wildman–Crippen MR) is 83.9 cm³/mol. The van der Waals surface area contributed by atoms with E-state index in [1.807, 2.05) is 20.8 Å². The second-order valence-corrected chi connectivity index (χ2v) is 6.34. The number of amides is 1. The van der Waals surface area contributed by atoms with Crippen LogP contribution in [0.15, 0.2) is 0 Å². The van der Waals surface area contributed by atoms with E-state index in [1.54, 1.807) is 0 Å². The Labute approximate surface area is 126 Å². The molecule has 0 spiro atoms. The standard InChI is InChI=1S/C13H26N4O2S/c1-13(2,3)19-12(18)15-6-5-14-11(20)17-9-7-16(4)8-10-17/h5-10H2,1-4H3,(H,14,20)(H,15,18). The second-order valence-electron chi connectivity index (χ2n) is 5.95. The highest BCUT2D eigenvalue weighted by molar-refractivity contribution is 7.80. The molecule has 1 rings (SSSR count). The zero-order valence-electron chi connectivity index (χ0n) is 12.9. The molecule has 0 aliphatic carbocycles. The van der Waals surface area contributed by atoms with Crippen LogP contribution in [0.2, 0.25) is 0 Å². The first-order valence-corrected chi connectivity index (χ1v) is 7.37. The number of carbonyl (C=O) groups is 1. The van der Waals surface area contributed by atoms with E-state index >= 15 is 0 Å². The lowest BCUT2D eigenvalue weighted by Gasteiger charge is -2.34. The van der Waals surface area contributed by atoms with E-state index in [9.17, 15) is 4.79 Å². The molecule has 2 N–H and O–H groups in total. The van der Waals surface area contributed by atoms with Gasteiger partial charge < -0.3 is 25.2 Å². The Morgan fingerprint density at radius 2 is 1.70 bits per heavy atom. The quantitative estimate of drug-likeness (QED) is 0.589. The van der Waals surface area contributed by atoms with E-state index < -0.39 is 11.7 Å². The van der Waals surface area contributed by atoms with Crippen LogP contribution in [0.1, 0.15) is 20.8 Å². The van der Waals surface area contributed by atoms with Crippen LogP contribution < -0.4 is 10.6 Å². The first-order chi connectivity index (χ1) is 9.28. The number of alkyl carbamates (subject to hydrolysis) is 1. The van der Waals surface area contributed by atoms with Gasteiger partial charge >= 0.3 is 6.09 Å². The molecule has 1 aliphatic heterocycles. The lowest BCUT2D eigenvalue weighted by molar-refractivity contribution is 0.0529. The van der Waals surface area contributed by atoms with Crippen LogP contribution in [0.25, 0.3) is 0 Å². The molecule has 6 nitrogen and oxygen atoms in total. The summed E-state index contributed by atoms with van der Waals surface area (Å²) < 4.78 is 5.15. The molecule has 0 radical (unpaired) electrons. The fraction of sp³-hybridized carbons (Fsp3) is 0.846. The number of nitrogens with one attached hydrogen (secondary N) is 2. The molecule has 0 aromatic carbocycles. The number of piperazine rings is 1. The van der Waals surface area contributed by atoms with Crippen molar-refractivity contribution >= 4 is 23.4 Å². The van der Waals surface area contributed by atoms with Crippen molar-refractivity contribution < 1.29 is 9.53 Å². The molecular weight excluding hydrogens is 276 g/mol. The van der Waals surface area contributed by atoms with E-state index in [0.717, 1.165) is 31.3 Å². The van der Waals surface area contributed by atoms with Gasteiger partial charge in [-0.15, -0.1) is 0 Å². The second kappa shape index (κ2) is 7.64. The molecular formula is C13H26N4O2S. The number of carbonyl (C=O) groups excluding carboxylic acids is 1. The van der Waals surface area contributed by atoms with Gasteiger partial charge in [0, 0.05) is 39.3 Å². The maximum Gasteiger partial charge on any atom is 0.407 e. The summed E-state index contributed by atoms with van der Waals surface area (Å²) >= 11 is 5.33. The molecule has 116 valence electrons. The lowest BCUT2D eigenvalue weighted by Crippen LogP contribution is -2.51. The molecule has 20 heavy (non-hydrogen) atoms. The highest BCUT2D eigenvalue weighted by Crippen LogP contribution is 2.06. The molecule has 7 heteroatoms. The third-order valence-corrected chi connectivity index (χ3v) is 3.26. The zero-order valence-corrected chi connectivity index (χ0v) is 13.7. The van der Waals surface area contributed by atoms with Crippen molar-refractivity contribution in [3.05, 3.63) is 0 Å². The maximum absolute atomic E-state index is 11.4. The summed E-state index contributed by atoms with van der Waals surface area (Å²) in [7, 11) is 2.11. The molecule has 1 fully saturated rings. The number of hydrogen-bond acceptors (Lipinski definition) is 4. The van der Waals surface area contributed by atoms with Crippen molar-refractivity contribution in [2.24, 2.45) is 0 Å². The number of thiocarbonyl (C=S) groups is 1. The van der Waals surface area contributed by atoms with Gasteiger partial charge in [0.15, 0.2) is 5.11 Å². The van der Waals surface area contributed by atoms with E-state index in [1.165, 1.54) is 0 Å². The molecule has 1 saturated heterocycles. The van der Waals surface area contributed by atoms with Crippen molar-refractivity contribution in [1.82, 2.24) is 20.4 Å². The Morgan fingerprint density at radius 3 is 2.25 bits per heavy atom. The average Bonchev–Trinajstić information content (AvgIpc) is 2.33. The van der Waals surface area contributed by atoms with Crippen LogP contribution in [-0.2, 0) is 4.74 Å². The minimum atomic E-state index is -0.466. The largest absolute Gasteiger partial charge is 0.444 e. The smallest absolute Gasteiger partial charge is 0.407 e. The average molecular weight is 302 g/mol. The fourth-order valence-electron chi connectivity index (χ4n) is 1.77. The van der Waals surface area contributed by atoms with E-state index in [2.05, 4.69) is 27.5 Å². The maximum atomic E-state index is 11.4. The third kappa shape index (κ3) is 6.91. The molecule has 0 aromatic heterocycles. The molecule has 1 amide bonds. The van der Waals surface area contributed by atoms with Crippen LogP contribution in [-0.4, -0.2) is 72.9 Å². The fourth-order valence-corrected chi connectivity index (χ4v) is 2.05. The number of likely N-dealkylation sites (N-methyl/N-ethyl adjacent to an activating group) is 1. The van der Waals surface area contributed by atoms with Gasteiger partial charge in [0.2, 0.25) is 0 Å². The van der Waals surface area contributed by atoms with Crippen LogP contribution >= 0.6 is 12.2 Å². The normalized spacial score (nSPS) is 16.7. The van der Waals surface area contributed by atoms with Gasteiger partial charge in [-0.25, -0.2) is 4.79 Å². The minimum Gasteiger partial charge on any atom is -0.444 e. The summed E-state index contributed by atoms with van der Waals surface area (Å²) in [5, 5.41) is 6.60. The van der Waals surface area contributed by atoms with Crippen molar-refractivity contribution in [3.63, 3.8) is 0 Å². The van der Waals surface area contributed by atoms with Gasteiger partial charge in [-0.2, -0.15) is 0 Å². The summed E-state index contributed by atoms with van der Waals surface area (Å²) in [6.07, 6.45) is -0.398. The van der Waals surface area contributed by atoms with E-state index in [-0.39, 0.29) is 0 Å². The number of ether oxygens (including phenoxy) is 1. The Hall–Kier alpha value is -1.08. The lowest BCUT2D eigenvalue weighted by atomic mass is 10.2. The van der Waals surface area contributed by atoms with E-state index in [4.69, 9.17) is 17.0 Å². The number of hydrogen-bond donors (Lipinski definition) is 2. The van der Waals surface area contributed by atoms with Crippen molar-refractivity contribution in [1.29, 1.82) is 0 Å². The van der Waals surface area contributed by atoms with Crippen molar-refractivity contribution in [3.8, 4) is 0 Å². The van der Waals surface area contributed by atoms with E-state index in [0.29, 0.717) is 13.1 Å². The Bertz CT molecular complexity index is 336. The summed E-state index contributed by atoms with van der Waals surface area (Å²) in [6.45, 7) is 10.6. The summed E-state index contributed by atoms with van der Waals surface area (Å²) in [5.74, 6) is 0. The highest BCUT2D eigenvalue weighted by atomic mass is 32.1. The minimum absolute atomic E-state index is 0.398. The predicted octanol–water partition coefficient (Wildman–Crippen LogP) is 0.633. The molecule has 1 aliphatic rings. The first kappa shape index (κ1) is 17.0. The molecule has 0 aromatic rings. The Balaban J connectivity index is 2.12. The summed E-state index contributed by atoms with van der Waals surface area (Å²) in [4.78, 5) is 15.9. The van der Waals surface area contributed by atoms with Crippen LogP contribution in [0.3, 0.4) is 0 Å². The molecule has 0 saturated carbocycles. The van der Waals surface area contributed by atoms with Crippen molar-refractivity contribution in [2.45, 2.75) is 26.4 Å². The van der Waals surface area contributed by atoms with Crippen LogP contribution in [0.5, 0.6) is 0 Å². The first-order valence-electron chi connectivity index (χ1n) is 6.96. The van der Waals surface area contributed by atoms with Gasteiger partial charge in [-0.1, -0.05) is 0 Å². The van der Waals surface area contributed by atoms with Gasteiger partial charge in [-0.3, -0.25) is 0 Å².